The van der Waals surface area contributed by atoms with Crippen molar-refractivity contribution in [2.75, 3.05) is 5.32 Å². The zero-order valence-electron chi connectivity index (χ0n) is 9.91. The molecule has 0 spiro atoms. The number of amides is 1. The van der Waals surface area contributed by atoms with Crippen molar-refractivity contribution < 1.29 is 18.7 Å². The van der Waals surface area contributed by atoms with Gasteiger partial charge in [-0.05, 0) is 39.0 Å². The first-order valence-electron chi connectivity index (χ1n) is 5.06. The van der Waals surface area contributed by atoms with E-state index in [0.717, 1.165) is 12.1 Å². The molecule has 0 saturated heterocycles. The third-order valence-electron chi connectivity index (χ3n) is 1.78. The zero-order valence-corrected chi connectivity index (χ0v) is 9.91. The molecule has 1 aromatic rings. The van der Waals surface area contributed by atoms with Crippen molar-refractivity contribution in [1.29, 1.82) is 0 Å². The standard InChI is InChI=1S/C12H14FNO3/c1-12(2,3)17-11(16)14-10-5-4-9(13)6-8(10)7-15/h4-7H,1-3H3,(H,14,16). The number of halogens is 1. The van der Waals surface area contributed by atoms with Crippen molar-refractivity contribution in [3.05, 3.63) is 29.6 Å². The lowest BCUT2D eigenvalue weighted by molar-refractivity contribution is 0.0636. The van der Waals surface area contributed by atoms with E-state index in [1.807, 2.05) is 0 Å². The monoisotopic (exact) mass is 239 g/mol. The highest BCUT2D eigenvalue weighted by molar-refractivity contribution is 5.93. The van der Waals surface area contributed by atoms with Gasteiger partial charge in [-0.3, -0.25) is 10.1 Å². The second kappa shape index (κ2) is 4.95. The number of hydrogen-bond donors (Lipinski definition) is 1. The molecule has 0 saturated carbocycles. The summed E-state index contributed by atoms with van der Waals surface area (Å²) < 4.78 is 17.9. The van der Waals surface area contributed by atoms with Gasteiger partial charge in [0, 0.05) is 5.56 Å². The van der Waals surface area contributed by atoms with E-state index in [9.17, 15) is 14.0 Å². The zero-order chi connectivity index (χ0) is 13.1. The largest absolute Gasteiger partial charge is 0.444 e. The molecule has 0 aromatic heterocycles. The third-order valence-corrected chi connectivity index (χ3v) is 1.78. The summed E-state index contributed by atoms with van der Waals surface area (Å²) in [6, 6.07) is 3.50. The normalized spacial score (nSPS) is 10.8. The van der Waals surface area contributed by atoms with Crippen molar-refractivity contribution in [1.82, 2.24) is 0 Å². The van der Waals surface area contributed by atoms with Gasteiger partial charge in [0.05, 0.1) is 5.69 Å². The first-order chi connectivity index (χ1) is 7.81. The Morgan fingerprint density at radius 3 is 2.59 bits per heavy atom. The van der Waals surface area contributed by atoms with Crippen LogP contribution in [-0.2, 0) is 4.74 Å². The van der Waals surface area contributed by atoms with Crippen molar-refractivity contribution in [3.63, 3.8) is 0 Å². The molecule has 5 heteroatoms. The van der Waals surface area contributed by atoms with Gasteiger partial charge in [-0.25, -0.2) is 9.18 Å². The Morgan fingerprint density at radius 2 is 2.06 bits per heavy atom. The van der Waals surface area contributed by atoms with Crippen LogP contribution in [0.1, 0.15) is 31.1 Å². The minimum absolute atomic E-state index is 0.0656. The van der Waals surface area contributed by atoms with Crippen LogP contribution < -0.4 is 5.32 Å². The minimum Gasteiger partial charge on any atom is -0.444 e. The lowest BCUT2D eigenvalue weighted by Crippen LogP contribution is -2.27. The number of carbonyl (C=O) groups excluding carboxylic acids is 2. The van der Waals surface area contributed by atoms with Crippen molar-refractivity contribution >= 4 is 18.1 Å². The lowest BCUT2D eigenvalue weighted by atomic mass is 10.2. The molecule has 0 aliphatic heterocycles. The first kappa shape index (κ1) is 13.2. The average molecular weight is 239 g/mol. The molecule has 92 valence electrons. The summed E-state index contributed by atoms with van der Waals surface area (Å²) in [5.41, 5.74) is -0.350. The van der Waals surface area contributed by atoms with Crippen LogP contribution in [0.5, 0.6) is 0 Å². The van der Waals surface area contributed by atoms with E-state index in [4.69, 9.17) is 4.74 Å². The topological polar surface area (TPSA) is 55.4 Å². The summed E-state index contributed by atoms with van der Waals surface area (Å²) in [6.07, 6.45) is -0.220. The second-order valence-electron chi connectivity index (χ2n) is 4.48. The van der Waals surface area contributed by atoms with E-state index >= 15 is 0 Å². The molecule has 0 radical (unpaired) electrons. The summed E-state index contributed by atoms with van der Waals surface area (Å²) >= 11 is 0. The van der Waals surface area contributed by atoms with E-state index in [1.54, 1.807) is 20.8 Å². The number of ether oxygens (including phenoxy) is 1. The van der Waals surface area contributed by atoms with Crippen LogP contribution in [0.25, 0.3) is 0 Å². The Kier molecular flexibility index (Phi) is 3.83. The van der Waals surface area contributed by atoms with Crippen LogP contribution in [0, 0.1) is 5.82 Å². The predicted molar refractivity (Wildman–Crippen MR) is 61.6 cm³/mol. The van der Waals surface area contributed by atoms with Gasteiger partial charge >= 0.3 is 6.09 Å². The van der Waals surface area contributed by atoms with Gasteiger partial charge in [0.2, 0.25) is 0 Å². The quantitative estimate of drug-likeness (QED) is 0.807. The molecule has 0 atom stereocenters. The summed E-state index contributed by atoms with van der Waals surface area (Å²) in [5.74, 6) is -0.540. The maximum atomic E-state index is 12.8. The van der Waals surface area contributed by atoms with Crippen LogP contribution in [0.2, 0.25) is 0 Å². The van der Waals surface area contributed by atoms with E-state index < -0.39 is 17.5 Å². The summed E-state index contributed by atoms with van der Waals surface area (Å²) in [4.78, 5) is 22.1. The molecular weight excluding hydrogens is 225 g/mol. The number of hydrogen-bond acceptors (Lipinski definition) is 3. The number of rotatable bonds is 2. The van der Waals surface area contributed by atoms with Crippen molar-refractivity contribution in [2.24, 2.45) is 0 Å². The molecule has 1 aromatic carbocycles. The highest BCUT2D eigenvalue weighted by Crippen LogP contribution is 2.16. The molecule has 0 heterocycles. The van der Waals surface area contributed by atoms with E-state index in [1.165, 1.54) is 6.07 Å². The number of nitrogens with one attached hydrogen (secondary N) is 1. The Bertz CT molecular complexity index is 438. The van der Waals surface area contributed by atoms with E-state index in [2.05, 4.69) is 5.32 Å². The maximum absolute atomic E-state index is 12.8. The van der Waals surface area contributed by atoms with Crippen molar-refractivity contribution in [2.45, 2.75) is 26.4 Å². The molecule has 0 bridgehead atoms. The van der Waals surface area contributed by atoms with Crippen LogP contribution in [0.4, 0.5) is 14.9 Å². The summed E-state index contributed by atoms with van der Waals surface area (Å²) in [6.45, 7) is 5.16. The Morgan fingerprint density at radius 1 is 1.41 bits per heavy atom. The SMILES string of the molecule is CC(C)(C)OC(=O)Nc1ccc(F)cc1C=O. The first-order valence-corrected chi connectivity index (χ1v) is 5.06. The Balaban J connectivity index is 2.81. The molecule has 0 unspecified atom stereocenters. The van der Waals surface area contributed by atoms with Gasteiger partial charge < -0.3 is 4.74 Å². The fourth-order valence-electron chi connectivity index (χ4n) is 1.16. The van der Waals surface area contributed by atoms with E-state index in [0.29, 0.717) is 6.29 Å². The summed E-state index contributed by atoms with van der Waals surface area (Å²) in [7, 11) is 0. The minimum atomic E-state index is -0.688. The lowest BCUT2D eigenvalue weighted by Gasteiger charge is -2.20. The fraction of sp³-hybridized carbons (Fsp3) is 0.333. The van der Waals surface area contributed by atoms with Gasteiger partial charge in [0.25, 0.3) is 0 Å². The third kappa shape index (κ3) is 4.22. The van der Waals surface area contributed by atoms with Crippen LogP contribution in [0.3, 0.4) is 0 Å². The van der Waals surface area contributed by atoms with E-state index in [-0.39, 0.29) is 11.3 Å². The smallest absolute Gasteiger partial charge is 0.412 e. The molecular formula is C12H14FNO3. The highest BCUT2D eigenvalue weighted by Gasteiger charge is 2.17. The van der Waals surface area contributed by atoms with Gasteiger partial charge in [-0.2, -0.15) is 0 Å². The number of aldehydes is 1. The average Bonchev–Trinajstić information content (AvgIpc) is 2.17. The number of benzene rings is 1. The molecule has 1 N–H and O–H groups in total. The second-order valence-corrected chi connectivity index (χ2v) is 4.48. The van der Waals surface area contributed by atoms with Crippen LogP contribution >= 0.6 is 0 Å². The highest BCUT2D eigenvalue weighted by atomic mass is 19.1. The summed E-state index contributed by atoms with van der Waals surface area (Å²) in [5, 5.41) is 2.39. The molecule has 17 heavy (non-hydrogen) atoms. The molecule has 1 rings (SSSR count). The maximum Gasteiger partial charge on any atom is 0.412 e. The molecule has 0 fully saturated rings. The number of carbonyl (C=O) groups is 2. The molecule has 0 aliphatic carbocycles. The number of anilines is 1. The molecule has 1 amide bonds. The Hall–Kier alpha value is -1.91. The van der Waals surface area contributed by atoms with Crippen LogP contribution in [0.15, 0.2) is 18.2 Å². The van der Waals surface area contributed by atoms with Gasteiger partial charge in [-0.1, -0.05) is 0 Å². The van der Waals surface area contributed by atoms with Crippen LogP contribution in [-0.4, -0.2) is 18.0 Å². The van der Waals surface area contributed by atoms with Crippen molar-refractivity contribution in [3.8, 4) is 0 Å². The fourth-order valence-corrected chi connectivity index (χ4v) is 1.16. The Labute approximate surface area is 98.8 Å². The van der Waals surface area contributed by atoms with Gasteiger partial charge in [0.15, 0.2) is 6.29 Å². The van der Waals surface area contributed by atoms with Gasteiger partial charge in [-0.15, -0.1) is 0 Å². The molecule has 0 aliphatic rings. The van der Waals surface area contributed by atoms with Gasteiger partial charge in [0.1, 0.15) is 11.4 Å². The molecule has 4 nitrogen and oxygen atoms in total. The predicted octanol–water partition coefficient (Wildman–Crippen LogP) is 2.99.